The first-order valence-electron chi connectivity index (χ1n) is 9.13. The minimum Gasteiger partial charge on any atom is -0.507 e. The summed E-state index contributed by atoms with van der Waals surface area (Å²) < 4.78 is 6.01. The van der Waals surface area contributed by atoms with E-state index in [2.05, 4.69) is 20.9 Å². The highest BCUT2D eigenvalue weighted by Gasteiger charge is 2.47. The van der Waals surface area contributed by atoms with E-state index in [4.69, 9.17) is 4.74 Å². The summed E-state index contributed by atoms with van der Waals surface area (Å²) >= 11 is 3.44. The van der Waals surface area contributed by atoms with Gasteiger partial charge in [0.15, 0.2) is 0 Å². The molecule has 30 heavy (non-hydrogen) atoms. The normalized spacial score (nSPS) is 17.9. The highest BCUT2D eigenvalue weighted by atomic mass is 79.9. The first-order valence-corrected chi connectivity index (χ1v) is 9.92. The number of ether oxygens (including phenoxy) is 1. The number of amides is 1. The molecule has 1 aromatic heterocycles. The van der Waals surface area contributed by atoms with Gasteiger partial charge in [-0.25, -0.2) is 4.98 Å². The molecule has 1 N–H and O–H groups in total. The number of methoxy groups -OCH3 is 1. The van der Waals surface area contributed by atoms with E-state index >= 15 is 0 Å². The molecule has 4 rings (SSSR count). The van der Waals surface area contributed by atoms with Gasteiger partial charge in [0.25, 0.3) is 5.78 Å². The number of carbonyl (C=O) groups is 2. The topological polar surface area (TPSA) is 79.7 Å². The molecule has 3 aromatic rings. The monoisotopic (exact) mass is 464 g/mol. The Labute approximate surface area is 181 Å². The van der Waals surface area contributed by atoms with Crippen LogP contribution in [0.5, 0.6) is 5.75 Å². The Bertz CT molecular complexity index is 1160. The Kier molecular flexibility index (Phi) is 5.37. The molecular formula is C23H17BrN2O4. The summed E-state index contributed by atoms with van der Waals surface area (Å²) in [5.41, 5.74) is 1.05. The van der Waals surface area contributed by atoms with Crippen LogP contribution >= 0.6 is 15.9 Å². The van der Waals surface area contributed by atoms with Crippen LogP contribution in [0.2, 0.25) is 0 Å². The smallest absolute Gasteiger partial charge is 0.301 e. The minimum atomic E-state index is -0.830. The van der Waals surface area contributed by atoms with Gasteiger partial charge in [0, 0.05) is 16.2 Å². The number of aliphatic hydroxyl groups excluding tert-OH is 1. The molecule has 7 heteroatoms. The number of ketones is 1. The van der Waals surface area contributed by atoms with Crippen molar-refractivity contribution in [3.8, 4) is 5.75 Å². The van der Waals surface area contributed by atoms with Gasteiger partial charge in [-0.1, -0.05) is 46.3 Å². The van der Waals surface area contributed by atoms with Gasteiger partial charge in [-0.15, -0.1) is 0 Å². The third-order valence-electron chi connectivity index (χ3n) is 4.85. The molecule has 0 radical (unpaired) electrons. The lowest BCUT2D eigenvalue weighted by Crippen LogP contribution is -2.30. The standard InChI is InChI=1S/C23H17BrN2O4/c1-30-17-9-5-7-15(13-17)21(27)19-20(14-6-4-8-16(24)12-14)26(23(29)22(19)28)18-10-2-3-11-25-18/h2-13,20,27H,1H3/b21-19+/t20-/m1/s1. The predicted molar refractivity (Wildman–Crippen MR) is 116 cm³/mol. The van der Waals surface area contributed by atoms with Gasteiger partial charge in [0.1, 0.15) is 17.3 Å². The van der Waals surface area contributed by atoms with Crippen molar-refractivity contribution in [3.63, 3.8) is 0 Å². The number of nitrogens with zero attached hydrogens (tertiary/aromatic N) is 2. The van der Waals surface area contributed by atoms with Crippen molar-refractivity contribution in [3.05, 3.63) is 94.1 Å². The van der Waals surface area contributed by atoms with Crippen LogP contribution in [0.1, 0.15) is 17.2 Å². The molecule has 1 saturated heterocycles. The predicted octanol–water partition coefficient (Wildman–Crippen LogP) is 4.48. The number of hydrogen-bond acceptors (Lipinski definition) is 5. The van der Waals surface area contributed by atoms with Crippen molar-refractivity contribution in [1.82, 2.24) is 4.98 Å². The second-order valence-electron chi connectivity index (χ2n) is 6.64. The molecule has 1 fully saturated rings. The van der Waals surface area contributed by atoms with Gasteiger partial charge < -0.3 is 9.84 Å². The Hall–Kier alpha value is -3.45. The summed E-state index contributed by atoms with van der Waals surface area (Å²) in [6.07, 6.45) is 1.55. The second kappa shape index (κ2) is 8.12. The Balaban J connectivity index is 1.95. The van der Waals surface area contributed by atoms with Gasteiger partial charge >= 0.3 is 5.91 Å². The van der Waals surface area contributed by atoms with E-state index in [1.54, 1.807) is 54.7 Å². The van der Waals surface area contributed by atoms with Gasteiger partial charge in [-0.2, -0.15) is 0 Å². The Morgan fingerprint density at radius 1 is 1.07 bits per heavy atom. The molecular weight excluding hydrogens is 448 g/mol. The van der Waals surface area contributed by atoms with Gasteiger partial charge in [0.05, 0.1) is 18.7 Å². The van der Waals surface area contributed by atoms with Crippen LogP contribution in [0.3, 0.4) is 0 Å². The van der Waals surface area contributed by atoms with E-state index in [1.807, 2.05) is 18.2 Å². The maximum atomic E-state index is 13.0. The van der Waals surface area contributed by atoms with Crippen LogP contribution in [0, 0.1) is 0 Å². The Morgan fingerprint density at radius 3 is 2.57 bits per heavy atom. The van der Waals surface area contributed by atoms with Gasteiger partial charge in [-0.3, -0.25) is 14.5 Å². The van der Waals surface area contributed by atoms with Crippen LogP contribution in [0.4, 0.5) is 5.82 Å². The quantitative estimate of drug-likeness (QED) is 0.349. The van der Waals surface area contributed by atoms with Crippen LogP contribution in [-0.2, 0) is 9.59 Å². The first-order chi connectivity index (χ1) is 14.5. The zero-order valence-electron chi connectivity index (χ0n) is 15.9. The molecule has 1 atom stereocenters. The summed E-state index contributed by atoms with van der Waals surface area (Å²) in [5, 5.41) is 11.1. The molecule has 0 bridgehead atoms. The van der Waals surface area contributed by atoms with Crippen molar-refractivity contribution < 1.29 is 19.4 Å². The van der Waals surface area contributed by atoms with Crippen molar-refractivity contribution in [2.45, 2.75) is 6.04 Å². The molecule has 0 aliphatic carbocycles. The zero-order chi connectivity index (χ0) is 21.3. The molecule has 0 saturated carbocycles. The zero-order valence-corrected chi connectivity index (χ0v) is 17.5. The average molecular weight is 465 g/mol. The number of rotatable bonds is 4. The molecule has 1 aliphatic rings. The van der Waals surface area contributed by atoms with Gasteiger partial charge in [-0.05, 0) is 42.0 Å². The number of benzene rings is 2. The lowest BCUT2D eigenvalue weighted by molar-refractivity contribution is -0.132. The molecule has 0 spiro atoms. The largest absolute Gasteiger partial charge is 0.507 e. The van der Waals surface area contributed by atoms with E-state index in [9.17, 15) is 14.7 Å². The van der Waals surface area contributed by atoms with E-state index in [-0.39, 0.29) is 11.3 Å². The lowest BCUT2D eigenvalue weighted by atomic mass is 9.95. The highest BCUT2D eigenvalue weighted by molar-refractivity contribution is 9.10. The van der Waals surface area contributed by atoms with Crippen LogP contribution in [-0.4, -0.2) is 28.9 Å². The first kappa shape index (κ1) is 19.8. The lowest BCUT2D eigenvalue weighted by Gasteiger charge is -2.24. The number of halogens is 1. The summed E-state index contributed by atoms with van der Waals surface area (Å²) in [7, 11) is 1.51. The summed E-state index contributed by atoms with van der Waals surface area (Å²) in [5.74, 6) is -0.934. The van der Waals surface area contributed by atoms with E-state index in [1.165, 1.54) is 12.0 Å². The van der Waals surface area contributed by atoms with E-state index in [0.29, 0.717) is 22.7 Å². The highest BCUT2D eigenvalue weighted by Crippen LogP contribution is 2.42. The number of aromatic nitrogens is 1. The number of anilines is 1. The SMILES string of the molecule is COc1cccc(/C(O)=C2\C(=O)C(=O)N(c3ccccn3)[C@@H]2c2cccc(Br)c2)c1. The third kappa shape index (κ3) is 3.48. The number of carbonyl (C=O) groups excluding carboxylic acids is 2. The molecule has 6 nitrogen and oxygen atoms in total. The van der Waals surface area contributed by atoms with Crippen molar-refractivity contribution in [1.29, 1.82) is 0 Å². The Morgan fingerprint density at radius 2 is 1.87 bits per heavy atom. The van der Waals surface area contributed by atoms with Crippen molar-refractivity contribution in [2.24, 2.45) is 0 Å². The van der Waals surface area contributed by atoms with E-state index < -0.39 is 17.7 Å². The van der Waals surface area contributed by atoms with Crippen LogP contribution in [0.15, 0.2) is 83.0 Å². The van der Waals surface area contributed by atoms with Gasteiger partial charge in [0.2, 0.25) is 0 Å². The average Bonchev–Trinajstić information content (AvgIpc) is 3.04. The fourth-order valence-electron chi connectivity index (χ4n) is 3.48. The molecule has 2 aromatic carbocycles. The second-order valence-corrected chi connectivity index (χ2v) is 7.56. The fourth-order valence-corrected chi connectivity index (χ4v) is 3.90. The van der Waals surface area contributed by atoms with Crippen LogP contribution < -0.4 is 9.64 Å². The number of pyridine rings is 1. The minimum absolute atomic E-state index is 0.00277. The fraction of sp³-hybridized carbons (Fsp3) is 0.0870. The summed E-state index contributed by atoms with van der Waals surface area (Å²) in [6.45, 7) is 0. The third-order valence-corrected chi connectivity index (χ3v) is 5.34. The molecule has 1 amide bonds. The summed E-state index contributed by atoms with van der Waals surface area (Å²) in [6, 6.07) is 18.3. The molecule has 0 unspecified atom stereocenters. The summed E-state index contributed by atoms with van der Waals surface area (Å²) in [4.78, 5) is 31.6. The molecule has 2 heterocycles. The molecule has 150 valence electrons. The number of hydrogen-bond donors (Lipinski definition) is 1. The van der Waals surface area contributed by atoms with Crippen molar-refractivity contribution in [2.75, 3.05) is 12.0 Å². The van der Waals surface area contributed by atoms with Crippen LogP contribution in [0.25, 0.3) is 5.76 Å². The van der Waals surface area contributed by atoms with E-state index in [0.717, 1.165) is 4.47 Å². The maximum absolute atomic E-state index is 13.0. The number of aliphatic hydroxyl groups is 1. The number of Topliss-reactive ketones (excluding diaryl/α,β-unsaturated/α-hetero) is 1. The maximum Gasteiger partial charge on any atom is 0.301 e. The molecule has 1 aliphatic heterocycles. The van der Waals surface area contributed by atoms with Crippen molar-refractivity contribution >= 4 is 39.2 Å².